The van der Waals surface area contributed by atoms with Crippen molar-refractivity contribution >= 4 is 22.5 Å². The Morgan fingerprint density at radius 2 is 1.50 bits per heavy atom. The van der Waals surface area contributed by atoms with E-state index in [1.165, 1.54) is 11.1 Å². The highest BCUT2D eigenvalue weighted by Crippen LogP contribution is 2.59. The van der Waals surface area contributed by atoms with Crippen LogP contribution in [0.4, 0.5) is 10.1 Å². The first-order valence-electron chi connectivity index (χ1n) is 14.5. The summed E-state index contributed by atoms with van der Waals surface area (Å²) in [7, 11) is 4.10. The number of allylic oxidation sites excluding steroid dienone is 1. The minimum absolute atomic E-state index is 0.216. The molecule has 7 rings (SSSR count). The van der Waals surface area contributed by atoms with Gasteiger partial charge >= 0.3 is 0 Å². The second-order valence-electron chi connectivity index (χ2n) is 12.1. The smallest absolute Gasteiger partial charge is 0.178 e. The molecule has 1 heterocycles. The quantitative estimate of drug-likeness (QED) is 0.202. The van der Waals surface area contributed by atoms with E-state index in [1.54, 1.807) is 12.1 Å². The predicted molar refractivity (Wildman–Crippen MR) is 173 cm³/mol. The Morgan fingerprint density at radius 3 is 2.19 bits per heavy atom. The van der Waals surface area contributed by atoms with Gasteiger partial charge in [-0.15, -0.1) is 6.58 Å². The SMILES string of the molecule is C=CCc1cc(F)cc2c1C(C)(C)c1c3c(c4ccccc4c1-2)OC(c1ccccc1)(c1ccc(N(C)C)cc1)C=C3. The summed E-state index contributed by atoms with van der Waals surface area (Å²) in [4.78, 5) is 2.10. The fraction of sp³-hybridized carbons (Fsp3) is 0.179. The van der Waals surface area contributed by atoms with E-state index in [2.05, 4.69) is 110 Å². The van der Waals surface area contributed by atoms with Gasteiger partial charge in [0.05, 0.1) is 0 Å². The third kappa shape index (κ3) is 3.69. The normalized spacial score (nSPS) is 17.7. The summed E-state index contributed by atoms with van der Waals surface area (Å²) in [6.07, 6.45) is 6.92. The average Bonchev–Trinajstić information content (AvgIpc) is 3.24. The number of fused-ring (bicyclic) bond motifs is 8. The lowest BCUT2D eigenvalue weighted by atomic mass is 9.75. The molecule has 0 bridgehead atoms. The summed E-state index contributed by atoms with van der Waals surface area (Å²) < 4.78 is 22.4. The standard InChI is InChI=1S/C39H34FNO/c1-6-12-25-23-28(40)24-33-34-30-15-10-11-16-31(30)37-32(36(34)38(2,3)35(25)33)21-22-39(42-37,26-13-8-7-9-14-26)27-17-19-29(20-18-27)41(4)5/h6-11,13-24H,1,12H2,2-5H3. The van der Waals surface area contributed by atoms with Crippen LogP contribution < -0.4 is 9.64 Å². The number of benzene rings is 5. The van der Waals surface area contributed by atoms with Gasteiger partial charge in [0, 0.05) is 47.3 Å². The van der Waals surface area contributed by atoms with Crippen LogP contribution in [-0.4, -0.2) is 14.1 Å². The molecular formula is C39H34FNO. The molecule has 0 N–H and O–H groups in total. The van der Waals surface area contributed by atoms with Crippen LogP contribution in [0.2, 0.25) is 0 Å². The fourth-order valence-corrected chi connectivity index (χ4v) is 7.23. The van der Waals surface area contributed by atoms with Crippen molar-refractivity contribution in [3.63, 3.8) is 0 Å². The van der Waals surface area contributed by atoms with Gasteiger partial charge in [0.15, 0.2) is 5.60 Å². The van der Waals surface area contributed by atoms with E-state index >= 15 is 4.39 Å². The Bertz CT molecular complexity index is 1900. The highest BCUT2D eigenvalue weighted by molar-refractivity contribution is 6.08. The van der Waals surface area contributed by atoms with Gasteiger partial charge in [-0.25, -0.2) is 4.39 Å². The first kappa shape index (κ1) is 26.3. The predicted octanol–water partition coefficient (Wildman–Crippen LogP) is 9.43. The molecule has 5 aromatic rings. The molecule has 2 nitrogen and oxygen atoms in total. The van der Waals surface area contributed by atoms with Gasteiger partial charge < -0.3 is 9.64 Å². The van der Waals surface area contributed by atoms with E-state index in [0.717, 1.165) is 55.6 Å². The first-order valence-corrected chi connectivity index (χ1v) is 14.5. The molecule has 2 aliphatic rings. The maximum absolute atomic E-state index is 15.1. The first-order chi connectivity index (χ1) is 20.3. The van der Waals surface area contributed by atoms with Crippen LogP contribution >= 0.6 is 0 Å². The zero-order chi connectivity index (χ0) is 29.2. The van der Waals surface area contributed by atoms with Crippen LogP contribution in [0.15, 0.2) is 110 Å². The van der Waals surface area contributed by atoms with Crippen molar-refractivity contribution in [2.75, 3.05) is 19.0 Å². The lowest BCUT2D eigenvalue weighted by molar-refractivity contribution is 0.163. The van der Waals surface area contributed by atoms with E-state index in [4.69, 9.17) is 4.74 Å². The van der Waals surface area contributed by atoms with Crippen LogP contribution in [0.3, 0.4) is 0 Å². The number of nitrogens with zero attached hydrogens (tertiary/aromatic N) is 1. The van der Waals surface area contributed by atoms with Crippen molar-refractivity contribution in [2.45, 2.75) is 31.3 Å². The zero-order valence-electron chi connectivity index (χ0n) is 24.5. The second-order valence-corrected chi connectivity index (χ2v) is 12.1. The van der Waals surface area contributed by atoms with Crippen molar-refractivity contribution in [1.82, 2.24) is 0 Å². The van der Waals surface area contributed by atoms with Gasteiger partial charge in [0.1, 0.15) is 11.6 Å². The Hall–Kier alpha value is -4.63. The molecule has 0 amide bonds. The minimum Gasteiger partial charge on any atom is -0.472 e. The van der Waals surface area contributed by atoms with Crippen LogP contribution in [0, 0.1) is 5.82 Å². The highest BCUT2D eigenvalue weighted by atomic mass is 19.1. The van der Waals surface area contributed by atoms with Crippen LogP contribution in [-0.2, 0) is 17.4 Å². The van der Waals surface area contributed by atoms with Crippen molar-refractivity contribution < 1.29 is 9.13 Å². The molecule has 0 fully saturated rings. The van der Waals surface area contributed by atoms with E-state index in [1.807, 2.05) is 26.2 Å². The summed E-state index contributed by atoms with van der Waals surface area (Å²) in [6, 6.07) is 30.8. The number of anilines is 1. The molecule has 1 aliphatic carbocycles. The zero-order valence-corrected chi connectivity index (χ0v) is 24.5. The molecule has 1 atom stereocenters. The molecule has 1 unspecified atom stereocenters. The molecule has 1 aliphatic heterocycles. The number of hydrogen-bond acceptors (Lipinski definition) is 2. The van der Waals surface area contributed by atoms with Crippen LogP contribution in [0.5, 0.6) is 5.75 Å². The van der Waals surface area contributed by atoms with Gasteiger partial charge in [-0.3, -0.25) is 0 Å². The summed E-state index contributed by atoms with van der Waals surface area (Å²) in [5.41, 5.74) is 8.55. The minimum atomic E-state index is -0.814. The van der Waals surface area contributed by atoms with Gasteiger partial charge in [-0.1, -0.05) is 92.7 Å². The second kappa shape index (κ2) is 9.46. The van der Waals surface area contributed by atoms with Gasteiger partial charge in [-0.2, -0.15) is 0 Å². The maximum Gasteiger partial charge on any atom is 0.178 e. The molecule has 208 valence electrons. The molecule has 3 heteroatoms. The summed E-state index contributed by atoms with van der Waals surface area (Å²) in [5.74, 6) is 0.645. The number of rotatable bonds is 5. The van der Waals surface area contributed by atoms with Crippen molar-refractivity contribution in [1.29, 1.82) is 0 Å². The number of hydrogen-bond donors (Lipinski definition) is 0. The van der Waals surface area contributed by atoms with Crippen molar-refractivity contribution in [3.8, 4) is 16.9 Å². The molecular weight excluding hydrogens is 517 g/mol. The highest BCUT2D eigenvalue weighted by Gasteiger charge is 2.45. The number of ether oxygens (including phenoxy) is 1. The van der Waals surface area contributed by atoms with E-state index < -0.39 is 5.60 Å². The van der Waals surface area contributed by atoms with Crippen molar-refractivity contribution in [3.05, 3.63) is 149 Å². The molecule has 5 aromatic carbocycles. The lowest BCUT2D eigenvalue weighted by Gasteiger charge is -2.38. The third-order valence-electron chi connectivity index (χ3n) is 9.04. The molecule has 0 saturated heterocycles. The largest absolute Gasteiger partial charge is 0.472 e. The third-order valence-corrected chi connectivity index (χ3v) is 9.04. The van der Waals surface area contributed by atoms with Crippen LogP contribution in [0.1, 0.15) is 47.2 Å². The summed E-state index contributed by atoms with van der Waals surface area (Å²) in [6.45, 7) is 8.47. The molecule has 0 radical (unpaired) electrons. The van der Waals surface area contributed by atoms with E-state index in [9.17, 15) is 0 Å². The van der Waals surface area contributed by atoms with E-state index in [-0.39, 0.29) is 11.2 Å². The summed E-state index contributed by atoms with van der Waals surface area (Å²) in [5, 5.41) is 2.10. The van der Waals surface area contributed by atoms with Crippen LogP contribution in [0.25, 0.3) is 28.0 Å². The summed E-state index contributed by atoms with van der Waals surface area (Å²) >= 11 is 0. The molecule has 0 aromatic heterocycles. The maximum atomic E-state index is 15.1. The fourth-order valence-electron chi connectivity index (χ4n) is 7.23. The Labute approximate surface area is 247 Å². The molecule has 0 saturated carbocycles. The Balaban J connectivity index is 1.53. The molecule has 42 heavy (non-hydrogen) atoms. The van der Waals surface area contributed by atoms with Crippen molar-refractivity contribution in [2.24, 2.45) is 0 Å². The monoisotopic (exact) mass is 551 g/mol. The van der Waals surface area contributed by atoms with E-state index in [0.29, 0.717) is 6.42 Å². The lowest BCUT2D eigenvalue weighted by Crippen LogP contribution is -2.35. The molecule has 0 spiro atoms. The van der Waals surface area contributed by atoms with Gasteiger partial charge in [0.25, 0.3) is 0 Å². The Morgan fingerprint density at radius 1 is 0.833 bits per heavy atom. The topological polar surface area (TPSA) is 12.5 Å². The average molecular weight is 552 g/mol. The van der Waals surface area contributed by atoms with Gasteiger partial charge in [-0.05, 0) is 70.0 Å². The number of halogens is 1. The Kier molecular flexibility index (Phi) is 5.92. The van der Waals surface area contributed by atoms with Gasteiger partial charge in [0.2, 0.25) is 0 Å².